The Bertz CT molecular complexity index is 683. The van der Waals surface area contributed by atoms with Crippen LogP contribution in [0.15, 0.2) is 18.2 Å². The summed E-state index contributed by atoms with van der Waals surface area (Å²) in [7, 11) is 3.00. The Hall–Kier alpha value is -2.24. The maximum atomic E-state index is 12.5. The van der Waals surface area contributed by atoms with Gasteiger partial charge in [-0.3, -0.25) is 4.79 Å². The van der Waals surface area contributed by atoms with E-state index in [-0.39, 0.29) is 29.8 Å². The van der Waals surface area contributed by atoms with Crippen LogP contribution in [-0.2, 0) is 9.53 Å². The van der Waals surface area contributed by atoms with Crippen LogP contribution in [0.2, 0.25) is 0 Å². The Labute approximate surface area is 160 Å². The van der Waals surface area contributed by atoms with Crippen LogP contribution in [0, 0.1) is 5.92 Å². The van der Waals surface area contributed by atoms with Gasteiger partial charge in [-0.25, -0.2) is 4.79 Å². The average Bonchev–Trinajstić information content (AvgIpc) is 3.36. The number of hydrogen-bond donors (Lipinski definition) is 0. The highest BCUT2D eigenvalue weighted by Gasteiger charge is 2.40. The summed E-state index contributed by atoms with van der Waals surface area (Å²) in [5.74, 6) is 1.31. The molecule has 1 aliphatic carbocycles. The Morgan fingerprint density at radius 1 is 1.11 bits per heavy atom. The van der Waals surface area contributed by atoms with Gasteiger partial charge in [-0.15, -0.1) is 0 Å². The normalized spacial score (nSPS) is 22.7. The predicted octanol–water partition coefficient (Wildman–Crippen LogP) is 3.78. The van der Waals surface area contributed by atoms with Gasteiger partial charge in [0.15, 0.2) is 11.5 Å². The zero-order chi connectivity index (χ0) is 19.4. The number of carbonyl (C=O) groups excluding carboxylic acids is 2. The van der Waals surface area contributed by atoms with E-state index in [4.69, 9.17) is 14.2 Å². The number of hydrogen-bond acceptors (Lipinski definition) is 5. The fraction of sp³-hybridized carbons (Fsp3) is 0.619. The fourth-order valence-corrected chi connectivity index (χ4v) is 4.21. The molecule has 6 heteroatoms. The van der Waals surface area contributed by atoms with Gasteiger partial charge in [0, 0.05) is 31.3 Å². The van der Waals surface area contributed by atoms with Gasteiger partial charge in [0.1, 0.15) is 5.78 Å². The van der Waals surface area contributed by atoms with E-state index in [9.17, 15) is 9.59 Å². The first-order valence-electron chi connectivity index (χ1n) is 9.77. The van der Waals surface area contributed by atoms with E-state index in [1.165, 1.54) is 20.0 Å². The molecular formula is C21H29NO5. The van der Waals surface area contributed by atoms with Crippen molar-refractivity contribution >= 4 is 11.9 Å². The number of rotatable bonds is 6. The molecule has 6 nitrogen and oxygen atoms in total. The van der Waals surface area contributed by atoms with Crippen molar-refractivity contribution in [2.24, 2.45) is 5.92 Å². The number of carbonyl (C=O) groups is 2. The summed E-state index contributed by atoms with van der Waals surface area (Å²) >= 11 is 0. The number of likely N-dealkylation sites (tertiary alicyclic amines) is 1. The second-order valence-electron chi connectivity index (χ2n) is 7.34. The number of Topliss-reactive ketones (excluding diaryl/α,β-unsaturated/α-hetero) is 1. The van der Waals surface area contributed by atoms with E-state index in [0.717, 1.165) is 24.2 Å². The molecule has 1 saturated heterocycles. The molecule has 148 valence electrons. The molecule has 1 saturated carbocycles. The molecule has 1 amide bonds. The summed E-state index contributed by atoms with van der Waals surface area (Å²) in [6, 6.07) is 5.86. The zero-order valence-corrected chi connectivity index (χ0v) is 16.4. The number of benzene rings is 1. The first-order chi connectivity index (χ1) is 13.1. The van der Waals surface area contributed by atoms with E-state index >= 15 is 0 Å². The number of nitrogens with zero attached hydrogens (tertiary/aromatic N) is 1. The summed E-state index contributed by atoms with van der Waals surface area (Å²) in [5, 5.41) is 0. The third-order valence-corrected chi connectivity index (χ3v) is 5.73. The van der Waals surface area contributed by atoms with Crippen molar-refractivity contribution in [3.63, 3.8) is 0 Å². The standard InChI is InChI=1S/C21H29NO5/c1-4-18(23)17-13-22(21(24)26-3)12-16(17)14-9-10-19(25-2)20(11-14)27-15-7-5-6-8-15/h9-11,15-17H,4-8,12-13H2,1-3H3. The first-order valence-corrected chi connectivity index (χ1v) is 9.77. The summed E-state index contributed by atoms with van der Waals surface area (Å²) in [5.41, 5.74) is 1.00. The van der Waals surface area contributed by atoms with Crippen molar-refractivity contribution in [1.82, 2.24) is 4.90 Å². The van der Waals surface area contributed by atoms with Crippen LogP contribution in [0.5, 0.6) is 11.5 Å². The summed E-state index contributed by atoms with van der Waals surface area (Å²) in [4.78, 5) is 26.1. The second-order valence-corrected chi connectivity index (χ2v) is 7.34. The smallest absolute Gasteiger partial charge is 0.409 e. The lowest BCUT2D eigenvalue weighted by Crippen LogP contribution is -2.29. The summed E-state index contributed by atoms with van der Waals surface area (Å²) in [6.45, 7) is 2.73. The van der Waals surface area contributed by atoms with Crippen LogP contribution in [0.25, 0.3) is 0 Å². The first kappa shape index (κ1) is 19.5. The minimum atomic E-state index is -0.387. The van der Waals surface area contributed by atoms with Crippen LogP contribution in [0.1, 0.15) is 50.5 Å². The molecule has 1 heterocycles. The highest BCUT2D eigenvalue weighted by molar-refractivity contribution is 5.83. The molecule has 0 aromatic heterocycles. The van der Waals surface area contributed by atoms with Gasteiger partial charge in [-0.2, -0.15) is 0 Å². The molecule has 0 N–H and O–H groups in total. The van der Waals surface area contributed by atoms with Gasteiger partial charge >= 0.3 is 6.09 Å². The van der Waals surface area contributed by atoms with Crippen LogP contribution in [-0.4, -0.2) is 50.2 Å². The number of ether oxygens (including phenoxy) is 3. The van der Waals surface area contributed by atoms with Crippen LogP contribution < -0.4 is 9.47 Å². The summed E-state index contributed by atoms with van der Waals surface area (Å²) < 4.78 is 16.5. The van der Waals surface area contributed by atoms with E-state index in [1.807, 2.05) is 25.1 Å². The van der Waals surface area contributed by atoms with E-state index < -0.39 is 0 Å². The van der Waals surface area contributed by atoms with Crippen molar-refractivity contribution in [2.45, 2.75) is 51.0 Å². The Kier molecular flexibility index (Phi) is 6.24. The fourth-order valence-electron chi connectivity index (χ4n) is 4.21. The van der Waals surface area contributed by atoms with E-state index in [0.29, 0.717) is 25.3 Å². The SMILES string of the molecule is CCC(=O)C1CN(C(=O)OC)CC1c1ccc(OC)c(OC2CCCC2)c1. The Balaban J connectivity index is 1.87. The molecular weight excluding hydrogens is 346 g/mol. The molecule has 2 atom stereocenters. The molecule has 3 rings (SSSR count). The molecule has 2 aliphatic rings. The predicted molar refractivity (Wildman–Crippen MR) is 101 cm³/mol. The molecule has 2 fully saturated rings. The van der Waals surface area contributed by atoms with Gasteiger partial charge in [0.25, 0.3) is 0 Å². The van der Waals surface area contributed by atoms with Crippen molar-refractivity contribution in [3.05, 3.63) is 23.8 Å². The molecule has 1 aromatic carbocycles. The third kappa shape index (κ3) is 4.20. The van der Waals surface area contributed by atoms with Crippen molar-refractivity contribution < 1.29 is 23.8 Å². The molecule has 1 aromatic rings. The summed E-state index contributed by atoms with van der Waals surface area (Å²) in [6.07, 6.45) is 4.79. The van der Waals surface area contributed by atoms with E-state index in [2.05, 4.69) is 0 Å². The van der Waals surface area contributed by atoms with Gasteiger partial charge in [0.05, 0.1) is 20.3 Å². The monoisotopic (exact) mass is 375 g/mol. The largest absolute Gasteiger partial charge is 0.493 e. The van der Waals surface area contributed by atoms with Crippen molar-refractivity contribution in [1.29, 1.82) is 0 Å². The number of methoxy groups -OCH3 is 2. The average molecular weight is 375 g/mol. The van der Waals surface area contributed by atoms with Crippen molar-refractivity contribution in [2.75, 3.05) is 27.3 Å². The molecule has 0 bridgehead atoms. The van der Waals surface area contributed by atoms with Gasteiger partial charge in [-0.05, 0) is 43.4 Å². The molecule has 0 radical (unpaired) electrons. The van der Waals surface area contributed by atoms with Gasteiger partial charge in [-0.1, -0.05) is 13.0 Å². The maximum absolute atomic E-state index is 12.5. The Morgan fingerprint density at radius 2 is 1.85 bits per heavy atom. The van der Waals surface area contributed by atoms with Gasteiger partial charge < -0.3 is 19.1 Å². The minimum absolute atomic E-state index is 0.0617. The highest BCUT2D eigenvalue weighted by Crippen LogP contribution is 2.39. The lowest BCUT2D eigenvalue weighted by Gasteiger charge is -2.21. The van der Waals surface area contributed by atoms with Crippen molar-refractivity contribution in [3.8, 4) is 11.5 Å². The third-order valence-electron chi connectivity index (χ3n) is 5.73. The van der Waals surface area contributed by atoms with E-state index in [1.54, 1.807) is 12.0 Å². The lowest BCUT2D eigenvalue weighted by molar-refractivity contribution is -0.122. The number of ketones is 1. The minimum Gasteiger partial charge on any atom is -0.493 e. The maximum Gasteiger partial charge on any atom is 0.409 e. The molecule has 1 aliphatic heterocycles. The topological polar surface area (TPSA) is 65.1 Å². The quantitative estimate of drug-likeness (QED) is 0.757. The second kappa shape index (κ2) is 8.63. The Morgan fingerprint density at radius 3 is 2.48 bits per heavy atom. The number of amides is 1. The molecule has 27 heavy (non-hydrogen) atoms. The molecule has 2 unspecified atom stereocenters. The van der Waals surface area contributed by atoms with Crippen LogP contribution in [0.4, 0.5) is 4.79 Å². The molecule has 0 spiro atoms. The zero-order valence-electron chi connectivity index (χ0n) is 16.4. The van der Waals surface area contributed by atoms with Crippen LogP contribution in [0.3, 0.4) is 0 Å². The van der Waals surface area contributed by atoms with Gasteiger partial charge in [0.2, 0.25) is 0 Å². The highest BCUT2D eigenvalue weighted by atomic mass is 16.5. The lowest BCUT2D eigenvalue weighted by atomic mass is 9.85. The van der Waals surface area contributed by atoms with Crippen LogP contribution >= 0.6 is 0 Å².